The quantitative estimate of drug-likeness (QED) is 0.636. The zero-order chi connectivity index (χ0) is 11.5. The van der Waals surface area contributed by atoms with Crippen LogP contribution in [0.15, 0.2) is 0 Å². The molecule has 7 nitrogen and oxygen atoms in total. The van der Waals surface area contributed by atoms with E-state index in [4.69, 9.17) is 0 Å². The van der Waals surface area contributed by atoms with Gasteiger partial charge in [0.05, 0.1) is 26.2 Å². The lowest BCUT2D eigenvalue weighted by Crippen LogP contribution is -2.27. The van der Waals surface area contributed by atoms with Crippen molar-refractivity contribution < 1.29 is 9.53 Å². The van der Waals surface area contributed by atoms with Gasteiger partial charge in [0.2, 0.25) is 0 Å². The highest BCUT2D eigenvalue weighted by molar-refractivity contribution is 5.71. The van der Waals surface area contributed by atoms with Crippen LogP contribution in [0.2, 0.25) is 0 Å². The number of carbonyl (C=O) groups excluding carboxylic acids is 1. The van der Waals surface area contributed by atoms with E-state index < -0.39 is 0 Å². The summed E-state index contributed by atoms with van der Waals surface area (Å²) < 4.78 is 6.43. The molecule has 1 fully saturated rings. The summed E-state index contributed by atoms with van der Waals surface area (Å²) in [7, 11) is 3.22. The summed E-state index contributed by atoms with van der Waals surface area (Å²) in [5, 5.41) is 11.6. The Labute approximate surface area is 93.4 Å². The lowest BCUT2D eigenvalue weighted by atomic mass is 10.4. The van der Waals surface area contributed by atoms with Crippen LogP contribution in [-0.4, -0.2) is 51.8 Å². The Hall–Kier alpha value is -1.50. The second-order valence-corrected chi connectivity index (χ2v) is 4.02. The number of esters is 1. The Bertz CT molecular complexity index is 374. The van der Waals surface area contributed by atoms with E-state index in [-0.39, 0.29) is 12.5 Å². The molecule has 0 bridgehead atoms. The standard InChI is InChI=1S/C9H15N5O2/c1-13(6-9(15)16-2)5-8-10-11-12-14(8)7-3-4-7/h7H,3-6H2,1-2H3. The smallest absolute Gasteiger partial charge is 0.319 e. The van der Waals surface area contributed by atoms with Crippen molar-refractivity contribution in [2.24, 2.45) is 0 Å². The topological polar surface area (TPSA) is 73.1 Å². The first kappa shape index (κ1) is 11.0. The number of likely N-dealkylation sites (N-methyl/N-ethyl adjacent to an activating group) is 1. The van der Waals surface area contributed by atoms with Crippen LogP contribution in [0.1, 0.15) is 24.7 Å². The van der Waals surface area contributed by atoms with Crippen LogP contribution >= 0.6 is 0 Å². The fourth-order valence-corrected chi connectivity index (χ4v) is 1.50. The Morgan fingerprint density at radius 3 is 3.00 bits per heavy atom. The van der Waals surface area contributed by atoms with Gasteiger partial charge in [0, 0.05) is 0 Å². The van der Waals surface area contributed by atoms with Crippen molar-refractivity contribution in [2.75, 3.05) is 20.7 Å². The van der Waals surface area contributed by atoms with Gasteiger partial charge in [-0.05, 0) is 30.3 Å². The molecule has 0 amide bonds. The molecule has 0 radical (unpaired) electrons. The molecule has 0 unspecified atom stereocenters. The highest BCUT2D eigenvalue weighted by Crippen LogP contribution is 2.34. The monoisotopic (exact) mass is 225 g/mol. The number of carbonyl (C=O) groups is 1. The molecular formula is C9H15N5O2. The molecule has 1 saturated carbocycles. The SMILES string of the molecule is COC(=O)CN(C)Cc1nnnn1C1CC1. The summed E-state index contributed by atoms with van der Waals surface area (Å²) in [5.41, 5.74) is 0. The van der Waals surface area contributed by atoms with Crippen molar-refractivity contribution >= 4 is 5.97 Å². The summed E-state index contributed by atoms with van der Waals surface area (Å²) >= 11 is 0. The predicted molar refractivity (Wildman–Crippen MR) is 54.4 cm³/mol. The van der Waals surface area contributed by atoms with Gasteiger partial charge in [0.25, 0.3) is 0 Å². The minimum atomic E-state index is -0.257. The maximum atomic E-state index is 11.1. The van der Waals surface area contributed by atoms with E-state index in [1.54, 1.807) is 0 Å². The highest BCUT2D eigenvalue weighted by Gasteiger charge is 2.28. The third-order valence-corrected chi connectivity index (χ3v) is 2.49. The Kier molecular flexibility index (Phi) is 3.14. The van der Waals surface area contributed by atoms with Crippen molar-refractivity contribution in [3.05, 3.63) is 5.82 Å². The van der Waals surface area contributed by atoms with E-state index in [1.807, 2.05) is 16.6 Å². The second-order valence-electron chi connectivity index (χ2n) is 4.02. The third kappa shape index (κ3) is 2.54. The van der Waals surface area contributed by atoms with Crippen molar-refractivity contribution in [2.45, 2.75) is 25.4 Å². The number of tetrazole rings is 1. The first-order chi connectivity index (χ1) is 7.70. The van der Waals surface area contributed by atoms with Crippen molar-refractivity contribution in [3.63, 3.8) is 0 Å². The average molecular weight is 225 g/mol. The zero-order valence-electron chi connectivity index (χ0n) is 9.46. The van der Waals surface area contributed by atoms with Gasteiger partial charge in [-0.15, -0.1) is 5.10 Å². The summed E-state index contributed by atoms with van der Waals surface area (Å²) in [4.78, 5) is 12.9. The first-order valence-electron chi connectivity index (χ1n) is 5.23. The molecule has 16 heavy (non-hydrogen) atoms. The second kappa shape index (κ2) is 4.56. The lowest BCUT2D eigenvalue weighted by Gasteiger charge is -2.13. The Balaban J connectivity index is 1.92. The van der Waals surface area contributed by atoms with Crippen LogP contribution in [0.25, 0.3) is 0 Å². The van der Waals surface area contributed by atoms with Gasteiger partial charge in [-0.25, -0.2) is 4.68 Å². The number of hydrogen-bond donors (Lipinski definition) is 0. The van der Waals surface area contributed by atoms with E-state index >= 15 is 0 Å². The van der Waals surface area contributed by atoms with E-state index in [0.29, 0.717) is 12.6 Å². The summed E-state index contributed by atoms with van der Waals surface area (Å²) in [6, 6.07) is 0.455. The summed E-state index contributed by atoms with van der Waals surface area (Å²) in [6.45, 7) is 0.798. The van der Waals surface area contributed by atoms with Crippen molar-refractivity contribution in [1.82, 2.24) is 25.1 Å². The van der Waals surface area contributed by atoms with E-state index in [1.165, 1.54) is 7.11 Å². The predicted octanol–water partition coefficient (Wildman–Crippen LogP) is -0.387. The van der Waals surface area contributed by atoms with Crippen molar-refractivity contribution in [3.8, 4) is 0 Å². The number of methoxy groups -OCH3 is 1. The molecule has 0 saturated heterocycles. The number of aromatic nitrogens is 4. The lowest BCUT2D eigenvalue weighted by molar-refractivity contribution is -0.141. The van der Waals surface area contributed by atoms with Gasteiger partial charge in [0.15, 0.2) is 5.82 Å². The minimum absolute atomic E-state index is 0.244. The van der Waals surface area contributed by atoms with Gasteiger partial charge in [-0.3, -0.25) is 9.69 Å². The molecule has 0 N–H and O–H groups in total. The molecule has 1 aliphatic rings. The van der Waals surface area contributed by atoms with Crippen LogP contribution in [0.3, 0.4) is 0 Å². The van der Waals surface area contributed by atoms with Crippen LogP contribution in [-0.2, 0) is 16.1 Å². The maximum Gasteiger partial charge on any atom is 0.319 e. The highest BCUT2D eigenvalue weighted by atomic mass is 16.5. The first-order valence-corrected chi connectivity index (χ1v) is 5.23. The number of rotatable bonds is 5. The molecule has 7 heteroatoms. The van der Waals surface area contributed by atoms with Crippen molar-refractivity contribution in [1.29, 1.82) is 0 Å². The molecule has 1 aliphatic carbocycles. The molecule has 1 heterocycles. The third-order valence-electron chi connectivity index (χ3n) is 2.49. The molecule has 0 spiro atoms. The van der Waals surface area contributed by atoms with E-state index in [9.17, 15) is 4.79 Å². The molecule has 0 atom stereocenters. The fraction of sp³-hybridized carbons (Fsp3) is 0.778. The number of hydrogen-bond acceptors (Lipinski definition) is 6. The molecule has 88 valence electrons. The molecule has 0 aliphatic heterocycles. The van der Waals surface area contributed by atoms with E-state index in [0.717, 1.165) is 18.7 Å². The van der Waals surface area contributed by atoms with Gasteiger partial charge < -0.3 is 4.74 Å². The van der Waals surface area contributed by atoms with Gasteiger partial charge >= 0.3 is 5.97 Å². The minimum Gasteiger partial charge on any atom is -0.468 e. The largest absolute Gasteiger partial charge is 0.468 e. The Morgan fingerprint density at radius 2 is 2.38 bits per heavy atom. The van der Waals surface area contributed by atoms with Gasteiger partial charge in [-0.2, -0.15) is 0 Å². The van der Waals surface area contributed by atoms with Crippen LogP contribution in [0, 0.1) is 0 Å². The molecule has 1 aromatic rings. The average Bonchev–Trinajstić information content (AvgIpc) is 3.00. The zero-order valence-corrected chi connectivity index (χ0v) is 9.46. The molecule has 2 rings (SSSR count). The summed E-state index contributed by atoms with van der Waals surface area (Å²) in [6.07, 6.45) is 2.28. The maximum absolute atomic E-state index is 11.1. The van der Waals surface area contributed by atoms with Gasteiger partial charge in [0.1, 0.15) is 0 Å². The van der Waals surface area contributed by atoms with Crippen LogP contribution in [0.5, 0.6) is 0 Å². The molecule has 1 aromatic heterocycles. The van der Waals surface area contributed by atoms with Gasteiger partial charge in [-0.1, -0.05) is 0 Å². The van der Waals surface area contributed by atoms with Crippen LogP contribution < -0.4 is 0 Å². The fourth-order valence-electron chi connectivity index (χ4n) is 1.50. The van der Waals surface area contributed by atoms with E-state index in [2.05, 4.69) is 20.3 Å². The molecular weight excluding hydrogens is 210 g/mol. The summed E-state index contributed by atoms with van der Waals surface area (Å²) in [5.74, 6) is 0.543. The Morgan fingerprint density at radius 1 is 1.62 bits per heavy atom. The normalized spacial score (nSPS) is 15.4. The number of ether oxygens (including phenoxy) is 1. The van der Waals surface area contributed by atoms with Crippen LogP contribution in [0.4, 0.5) is 0 Å². The number of nitrogens with zero attached hydrogens (tertiary/aromatic N) is 5. The molecule has 0 aromatic carbocycles.